The summed E-state index contributed by atoms with van der Waals surface area (Å²) in [5, 5.41) is 0.641. The Bertz CT molecular complexity index is 624. The molecule has 0 aromatic heterocycles. The fourth-order valence-electron chi connectivity index (χ4n) is 2.39. The average Bonchev–Trinajstić information content (AvgIpc) is 2.77. The summed E-state index contributed by atoms with van der Waals surface area (Å²) >= 11 is 12.6. The molecule has 4 nitrogen and oxygen atoms in total. The van der Waals surface area contributed by atoms with E-state index in [1.54, 1.807) is 17.0 Å². The van der Waals surface area contributed by atoms with Crippen LogP contribution in [0.1, 0.15) is 0 Å². The minimum absolute atomic E-state index is 0.0590. The van der Waals surface area contributed by atoms with Gasteiger partial charge in [0.25, 0.3) is 5.91 Å². The first-order chi connectivity index (χ1) is 10.5. The number of nitrogens with zero attached hydrogens (tertiary/aromatic N) is 3. The zero-order valence-electron chi connectivity index (χ0n) is 12.2. The Labute approximate surface area is 144 Å². The molecule has 2 aliphatic heterocycles. The number of anilines is 1. The van der Waals surface area contributed by atoms with E-state index in [2.05, 4.69) is 16.8 Å². The van der Waals surface area contributed by atoms with Gasteiger partial charge in [0.2, 0.25) is 0 Å². The SMILES string of the molecule is CN1CCN(/C=C2/SC(=S)N(c3ccc(Cl)cc3)C2=O)CC1. The van der Waals surface area contributed by atoms with Gasteiger partial charge in [-0.15, -0.1) is 0 Å². The summed E-state index contributed by atoms with van der Waals surface area (Å²) in [6, 6.07) is 7.15. The fourth-order valence-corrected chi connectivity index (χ4v) is 3.82. The number of rotatable bonds is 2. The van der Waals surface area contributed by atoms with Gasteiger partial charge < -0.3 is 9.80 Å². The van der Waals surface area contributed by atoms with Crippen molar-refractivity contribution < 1.29 is 4.79 Å². The molecule has 2 heterocycles. The first-order valence-electron chi connectivity index (χ1n) is 7.01. The van der Waals surface area contributed by atoms with Crippen LogP contribution in [0.4, 0.5) is 5.69 Å². The molecule has 1 amide bonds. The van der Waals surface area contributed by atoms with Gasteiger partial charge in [0.05, 0.1) is 10.6 Å². The van der Waals surface area contributed by atoms with Crippen molar-refractivity contribution in [2.75, 3.05) is 38.1 Å². The lowest BCUT2D eigenvalue weighted by atomic mass is 10.3. The van der Waals surface area contributed by atoms with Crippen LogP contribution in [0.3, 0.4) is 0 Å². The lowest BCUT2D eigenvalue weighted by molar-refractivity contribution is -0.113. The Morgan fingerprint density at radius 1 is 1.18 bits per heavy atom. The molecule has 2 aliphatic rings. The van der Waals surface area contributed by atoms with Crippen LogP contribution in [0.15, 0.2) is 35.4 Å². The summed E-state index contributed by atoms with van der Waals surface area (Å²) in [5.74, 6) is -0.0590. The standard InChI is InChI=1S/C15H16ClN3OS2/c1-17-6-8-18(9-7-17)10-13-14(20)19(15(21)22-13)12-4-2-11(16)3-5-12/h2-5,10H,6-9H2,1H3/b13-10+. The van der Waals surface area contributed by atoms with Crippen LogP contribution in [-0.4, -0.2) is 53.3 Å². The molecule has 2 fully saturated rings. The van der Waals surface area contributed by atoms with E-state index < -0.39 is 0 Å². The van der Waals surface area contributed by atoms with Crippen molar-refractivity contribution in [3.05, 3.63) is 40.4 Å². The highest BCUT2D eigenvalue weighted by molar-refractivity contribution is 8.27. The number of thiocarbonyl (C=S) groups is 1. The molecule has 0 saturated carbocycles. The maximum absolute atomic E-state index is 12.6. The second-order valence-electron chi connectivity index (χ2n) is 5.32. The Balaban J connectivity index is 1.78. The maximum Gasteiger partial charge on any atom is 0.272 e. The Morgan fingerprint density at radius 2 is 1.82 bits per heavy atom. The number of carbonyl (C=O) groups excluding carboxylic acids is 1. The van der Waals surface area contributed by atoms with E-state index >= 15 is 0 Å². The topological polar surface area (TPSA) is 26.8 Å². The number of halogens is 1. The summed E-state index contributed by atoms with van der Waals surface area (Å²) in [4.78, 5) is 19.3. The van der Waals surface area contributed by atoms with Crippen LogP contribution < -0.4 is 4.90 Å². The van der Waals surface area contributed by atoms with Gasteiger partial charge >= 0.3 is 0 Å². The highest BCUT2D eigenvalue weighted by Crippen LogP contribution is 2.35. The van der Waals surface area contributed by atoms with Gasteiger partial charge in [0.15, 0.2) is 4.32 Å². The van der Waals surface area contributed by atoms with E-state index in [0.717, 1.165) is 31.9 Å². The smallest absolute Gasteiger partial charge is 0.272 e. The van der Waals surface area contributed by atoms with E-state index in [4.69, 9.17) is 23.8 Å². The number of hydrogen-bond acceptors (Lipinski definition) is 5. The van der Waals surface area contributed by atoms with Crippen LogP contribution in [0.5, 0.6) is 0 Å². The first-order valence-corrected chi connectivity index (χ1v) is 8.61. The monoisotopic (exact) mass is 353 g/mol. The zero-order chi connectivity index (χ0) is 15.7. The number of thioether (sulfide) groups is 1. The normalized spacial score (nSPS) is 22.0. The van der Waals surface area contributed by atoms with Crippen LogP contribution in [-0.2, 0) is 4.79 Å². The first kappa shape index (κ1) is 15.8. The van der Waals surface area contributed by atoms with Crippen molar-refractivity contribution in [3.63, 3.8) is 0 Å². The van der Waals surface area contributed by atoms with Gasteiger partial charge in [-0.1, -0.05) is 35.6 Å². The number of piperazine rings is 1. The van der Waals surface area contributed by atoms with Crippen LogP contribution in [0.25, 0.3) is 0 Å². The minimum atomic E-state index is -0.0590. The molecule has 0 spiro atoms. The molecule has 0 bridgehead atoms. The van der Waals surface area contributed by atoms with Gasteiger partial charge in [-0.05, 0) is 31.3 Å². The maximum atomic E-state index is 12.6. The quantitative estimate of drug-likeness (QED) is 0.602. The molecule has 1 aromatic carbocycles. The molecule has 0 atom stereocenters. The predicted octanol–water partition coefficient (Wildman–Crippen LogP) is 2.79. The summed E-state index contributed by atoms with van der Waals surface area (Å²) < 4.78 is 0.563. The molecule has 2 saturated heterocycles. The number of amides is 1. The van der Waals surface area contributed by atoms with Gasteiger partial charge in [0, 0.05) is 37.4 Å². The Morgan fingerprint density at radius 3 is 2.45 bits per heavy atom. The van der Waals surface area contributed by atoms with Crippen molar-refractivity contribution in [2.45, 2.75) is 0 Å². The third kappa shape index (κ3) is 3.30. The zero-order valence-corrected chi connectivity index (χ0v) is 14.5. The second kappa shape index (κ2) is 6.58. The molecule has 0 unspecified atom stereocenters. The van der Waals surface area contributed by atoms with Crippen molar-refractivity contribution in [1.29, 1.82) is 0 Å². The molecule has 0 N–H and O–H groups in total. The van der Waals surface area contributed by atoms with Crippen LogP contribution in [0.2, 0.25) is 5.02 Å². The van der Waals surface area contributed by atoms with Gasteiger partial charge in [0.1, 0.15) is 0 Å². The lowest BCUT2D eigenvalue weighted by Crippen LogP contribution is -2.42. The third-order valence-corrected chi connectivity index (χ3v) is 5.26. The Kier molecular flexibility index (Phi) is 4.73. The van der Waals surface area contributed by atoms with Gasteiger partial charge in [-0.3, -0.25) is 9.69 Å². The van der Waals surface area contributed by atoms with E-state index in [1.165, 1.54) is 11.8 Å². The molecule has 3 rings (SSSR count). The van der Waals surface area contributed by atoms with E-state index in [0.29, 0.717) is 14.2 Å². The predicted molar refractivity (Wildman–Crippen MR) is 96.3 cm³/mol. The summed E-state index contributed by atoms with van der Waals surface area (Å²) in [6.45, 7) is 3.88. The number of benzene rings is 1. The van der Waals surface area contributed by atoms with Crippen molar-refractivity contribution in [2.24, 2.45) is 0 Å². The summed E-state index contributed by atoms with van der Waals surface area (Å²) in [7, 11) is 2.11. The Hall–Kier alpha value is -1.08. The third-order valence-electron chi connectivity index (χ3n) is 3.72. The number of likely N-dealkylation sites (N-methyl/N-ethyl adjacent to an activating group) is 1. The van der Waals surface area contributed by atoms with Crippen molar-refractivity contribution in [3.8, 4) is 0 Å². The van der Waals surface area contributed by atoms with Crippen molar-refractivity contribution >= 4 is 51.5 Å². The molecular formula is C15H16ClN3OS2. The molecule has 0 aliphatic carbocycles. The molecule has 0 radical (unpaired) electrons. The van der Waals surface area contributed by atoms with E-state index in [-0.39, 0.29) is 5.91 Å². The summed E-state index contributed by atoms with van der Waals surface area (Å²) in [5.41, 5.74) is 0.758. The molecule has 1 aromatic rings. The summed E-state index contributed by atoms with van der Waals surface area (Å²) in [6.07, 6.45) is 1.95. The van der Waals surface area contributed by atoms with Gasteiger partial charge in [-0.25, -0.2) is 0 Å². The van der Waals surface area contributed by atoms with Crippen molar-refractivity contribution in [1.82, 2.24) is 9.80 Å². The van der Waals surface area contributed by atoms with E-state index in [9.17, 15) is 4.79 Å². The molecule has 116 valence electrons. The van der Waals surface area contributed by atoms with Crippen LogP contribution in [0, 0.1) is 0 Å². The van der Waals surface area contributed by atoms with Crippen LogP contribution >= 0.6 is 35.6 Å². The average molecular weight is 354 g/mol. The molecule has 7 heteroatoms. The van der Waals surface area contributed by atoms with Gasteiger partial charge in [-0.2, -0.15) is 0 Å². The number of hydrogen-bond donors (Lipinski definition) is 0. The highest BCUT2D eigenvalue weighted by Gasteiger charge is 2.34. The highest BCUT2D eigenvalue weighted by atomic mass is 35.5. The molecular weight excluding hydrogens is 338 g/mol. The second-order valence-corrected chi connectivity index (χ2v) is 7.43. The number of carbonyl (C=O) groups is 1. The largest absolute Gasteiger partial charge is 0.374 e. The fraction of sp³-hybridized carbons (Fsp3) is 0.333. The molecule has 22 heavy (non-hydrogen) atoms. The minimum Gasteiger partial charge on any atom is -0.374 e. The lowest BCUT2D eigenvalue weighted by Gasteiger charge is -2.31. The van der Waals surface area contributed by atoms with E-state index in [1.807, 2.05) is 18.3 Å².